The van der Waals surface area contributed by atoms with E-state index in [0.717, 1.165) is 32.1 Å². The van der Waals surface area contributed by atoms with Gasteiger partial charge in [-0.05, 0) is 93.1 Å². The van der Waals surface area contributed by atoms with Crippen LogP contribution in [0.15, 0.2) is 54.3 Å². The SMILES string of the molecule is C=C1[C@H](Cc2c[nH]c3ccccc23)CC[C@H]2[C@](C)(CCC=C(C)C)[C@@H](O)CC[C@]12C. The maximum absolute atomic E-state index is 11.1. The van der Waals surface area contributed by atoms with Crippen molar-refractivity contribution in [2.24, 2.45) is 22.7 Å². The Kier molecular flexibility index (Phi) is 5.74. The molecule has 0 radical (unpaired) electrons. The molecule has 4 rings (SSSR count). The van der Waals surface area contributed by atoms with E-state index in [1.807, 2.05) is 0 Å². The number of aliphatic hydroxyl groups is 1. The van der Waals surface area contributed by atoms with Gasteiger partial charge in [-0.1, -0.05) is 55.8 Å². The zero-order chi connectivity index (χ0) is 21.5. The molecule has 0 spiro atoms. The Labute approximate surface area is 182 Å². The predicted octanol–water partition coefficient (Wildman–Crippen LogP) is 7.21. The zero-order valence-corrected chi connectivity index (χ0v) is 19.3. The lowest BCUT2D eigenvalue weighted by Crippen LogP contribution is -2.54. The summed E-state index contributed by atoms with van der Waals surface area (Å²) in [6, 6.07) is 8.62. The number of aliphatic hydroxyl groups excluding tert-OH is 1. The molecule has 2 heteroatoms. The molecule has 2 N–H and O–H groups in total. The van der Waals surface area contributed by atoms with Crippen molar-refractivity contribution >= 4 is 10.9 Å². The molecular formula is C28H39NO. The fraction of sp³-hybridized carbons (Fsp3) is 0.571. The number of hydrogen-bond acceptors (Lipinski definition) is 1. The average Bonchev–Trinajstić information content (AvgIpc) is 3.11. The molecule has 2 aliphatic carbocycles. The molecule has 1 aromatic carbocycles. The number of para-hydroxylation sites is 1. The lowest BCUT2D eigenvalue weighted by atomic mass is 9.46. The minimum atomic E-state index is -0.195. The summed E-state index contributed by atoms with van der Waals surface area (Å²) < 4.78 is 0. The van der Waals surface area contributed by atoms with Crippen LogP contribution in [0.4, 0.5) is 0 Å². The van der Waals surface area contributed by atoms with Crippen LogP contribution < -0.4 is 0 Å². The predicted molar refractivity (Wildman–Crippen MR) is 127 cm³/mol. The lowest BCUT2D eigenvalue weighted by molar-refractivity contribution is -0.112. The van der Waals surface area contributed by atoms with E-state index in [2.05, 4.69) is 69.2 Å². The maximum Gasteiger partial charge on any atom is 0.0597 e. The number of fused-ring (bicyclic) bond motifs is 2. The fourth-order valence-electron chi connectivity index (χ4n) is 6.75. The van der Waals surface area contributed by atoms with Crippen molar-refractivity contribution in [2.75, 3.05) is 0 Å². The monoisotopic (exact) mass is 405 g/mol. The quantitative estimate of drug-likeness (QED) is 0.507. The van der Waals surface area contributed by atoms with E-state index in [1.54, 1.807) is 0 Å². The van der Waals surface area contributed by atoms with Gasteiger partial charge in [-0.25, -0.2) is 0 Å². The van der Waals surface area contributed by atoms with Crippen molar-refractivity contribution in [3.8, 4) is 0 Å². The second-order valence-electron chi connectivity index (χ2n) is 10.7. The number of hydrogen-bond donors (Lipinski definition) is 2. The fourth-order valence-corrected chi connectivity index (χ4v) is 6.75. The highest BCUT2D eigenvalue weighted by atomic mass is 16.3. The Morgan fingerprint density at radius 3 is 2.73 bits per heavy atom. The van der Waals surface area contributed by atoms with E-state index in [9.17, 15) is 5.11 Å². The highest BCUT2D eigenvalue weighted by molar-refractivity contribution is 5.83. The normalized spacial score (nSPS) is 34.0. The second-order valence-corrected chi connectivity index (χ2v) is 10.7. The lowest BCUT2D eigenvalue weighted by Gasteiger charge is -2.59. The Morgan fingerprint density at radius 1 is 1.20 bits per heavy atom. The average molecular weight is 406 g/mol. The van der Waals surface area contributed by atoms with Crippen molar-refractivity contribution < 1.29 is 5.11 Å². The van der Waals surface area contributed by atoms with Crippen molar-refractivity contribution in [3.63, 3.8) is 0 Å². The smallest absolute Gasteiger partial charge is 0.0597 e. The van der Waals surface area contributed by atoms with Gasteiger partial charge in [0.1, 0.15) is 0 Å². The standard InChI is InChI=1S/C28H39NO/c1-19(2)9-8-15-28(5)25-13-12-21(20(3)27(25,4)16-14-26(28)30)17-22-18-29-24-11-7-6-10-23(22)24/h6-7,9-11,18,21,25-26,29-30H,3,8,12-17H2,1-2,4-5H3/t21-,25+,26-,27+,28-/m0/s1. The van der Waals surface area contributed by atoms with Crippen LogP contribution in [0, 0.1) is 22.7 Å². The van der Waals surface area contributed by atoms with Gasteiger partial charge in [-0.2, -0.15) is 0 Å². The third kappa shape index (κ3) is 3.58. The number of aromatic nitrogens is 1. The molecule has 2 nitrogen and oxygen atoms in total. The first kappa shape index (κ1) is 21.4. The number of H-pyrrole nitrogens is 1. The maximum atomic E-state index is 11.1. The number of rotatable bonds is 5. The van der Waals surface area contributed by atoms with E-state index in [0.29, 0.717) is 11.8 Å². The van der Waals surface area contributed by atoms with Crippen molar-refractivity contribution in [2.45, 2.75) is 78.7 Å². The van der Waals surface area contributed by atoms with Crippen LogP contribution >= 0.6 is 0 Å². The molecule has 1 aromatic heterocycles. The minimum Gasteiger partial charge on any atom is -0.393 e. The third-order valence-electron chi connectivity index (χ3n) is 8.67. The largest absolute Gasteiger partial charge is 0.393 e. The molecule has 2 aromatic rings. The number of allylic oxidation sites excluding steroid dienone is 3. The molecule has 0 unspecified atom stereocenters. The van der Waals surface area contributed by atoms with Gasteiger partial charge in [0.25, 0.3) is 0 Å². The van der Waals surface area contributed by atoms with Crippen LogP contribution in [0.25, 0.3) is 10.9 Å². The van der Waals surface area contributed by atoms with Crippen LogP contribution in [0.5, 0.6) is 0 Å². The molecule has 0 aliphatic heterocycles. The molecule has 0 saturated heterocycles. The Hall–Kier alpha value is -1.80. The summed E-state index contributed by atoms with van der Waals surface area (Å²) in [6.07, 6.45) is 11.9. The molecule has 2 saturated carbocycles. The highest BCUT2D eigenvalue weighted by Gasteiger charge is 2.56. The highest BCUT2D eigenvalue weighted by Crippen LogP contribution is 2.62. The molecule has 2 aliphatic rings. The van der Waals surface area contributed by atoms with Crippen molar-refractivity contribution in [1.29, 1.82) is 0 Å². The van der Waals surface area contributed by atoms with Crippen LogP contribution in [0.1, 0.15) is 71.8 Å². The molecule has 1 heterocycles. The van der Waals surface area contributed by atoms with Crippen LogP contribution in [0.3, 0.4) is 0 Å². The molecular weight excluding hydrogens is 366 g/mol. The van der Waals surface area contributed by atoms with Gasteiger partial charge >= 0.3 is 0 Å². The third-order valence-corrected chi connectivity index (χ3v) is 8.67. The topological polar surface area (TPSA) is 36.0 Å². The first-order valence-electron chi connectivity index (χ1n) is 11.8. The molecule has 2 fully saturated rings. The Balaban J connectivity index is 1.56. The first-order chi connectivity index (χ1) is 14.3. The van der Waals surface area contributed by atoms with Crippen molar-refractivity contribution in [1.82, 2.24) is 4.98 Å². The first-order valence-corrected chi connectivity index (χ1v) is 11.8. The molecule has 5 atom stereocenters. The summed E-state index contributed by atoms with van der Waals surface area (Å²) in [5, 5.41) is 12.4. The Bertz CT molecular complexity index is 948. The Morgan fingerprint density at radius 2 is 1.97 bits per heavy atom. The molecule has 30 heavy (non-hydrogen) atoms. The molecule has 0 bridgehead atoms. The summed E-state index contributed by atoms with van der Waals surface area (Å²) in [6.45, 7) is 13.8. The number of nitrogens with one attached hydrogen (secondary N) is 1. The van der Waals surface area contributed by atoms with Crippen LogP contribution in [-0.2, 0) is 6.42 Å². The summed E-state index contributed by atoms with van der Waals surface area (Å²) in [5.41, 5.74) is 5.57. The van der Waals surface area contributed by atoms with Gasteiger partial charge in [0, 0.05) is 17.1 Å². The zero-order valence-electron chi connectivity index (χ0n) is 19.3. The van der Waals surface area contributed by atoms with E-state index in [-0.39, 0.29) is 16.9 Å². The van der Waals surface area contributed by atoms with Gasteiger partial charge in [-0.3, -0.25) is 0 Å². The number of aromatic amines is 1. The van der Waals surface area contributed by atoms with Crippen LogP contribution in [0.2, 0.25) is 0 Å². The molecule has 0 amide bonds. The van der Waals surface area contributed by atoms with Gasteiger partial charge in [0.05, 0.1) is 6.10 Å². The minimum absolute atomic E-state index is 0.0202. The van der Waals surface area contributed by atoms with Crippen LogP contribution in [-0.4, -0.2) is 16.2 Å². The van der Waals surface area contributed by atoms with Gasteiger partial charge in [0.2, 0.25) is 0 Å². The summed E-state index contributed by atoms with van der Waals surface area (Å²) in [4.78, 5) is 3.44. The second kappa shape index (κ2) is 8.04. The van der Waals surface area contributed by atoms with Crippen molar-refractivity contribution in [3.05, 3.63) is 59.8 Å². The van der Waals surface area contributed by atoms with Gasteiger partial charge < -0.3 is 10.1 Å². The van der Waals surface area contributed by atoms with E-state index >= 15 is 0 Å². The number of benzene rings is 1. The molecule has 162 valence electrons. The summed E-state index contributed by atoms with van der Waals surface area (Å²) in [7, 11) is 0. The van der Waals surface area contributed by atoms with E-state index in [1.165, 1.54) is 40.5 Å². The van der Waals surface area contributed by atoms with Gasteiger partial charge in [0.15, 0.2) is 0 Å². The summed E-state index contributed by atoms with van der Waals surface area (Å²) in [5.74, 6) is 1.05. The van der Waals surface area contributed by atoms with E-state index < -0.39 is 0 Å². The van der Waals surface area contributed by atoms with Gasteiger partial charge in [-0.15, -0.1) is 0 Å². The van der Waals surface area contributed by atoms with E-state index in [4.69, 9.17) is 6.58 Å². The summed E-state index contributed by atoms with van der Waals surface area (Å²) >= 11 is 0.